The molecule has 1 amide bonds. The molecule has 2 aromatic carbocycles. The number of rotatable bonds is 2. The topological polar surface area (TPSA) is 55.4 Å². The van der Waals surface area contributed by atoms with Crippen molar-refractivity contribution in [3.8, 4) is 11.8 Å². The van der Waals surface area contributed by atoms with Gasteiger partial charge in [-0.25, -0.2) is 4.79 Å². The van der Waals surface area contributed by atoms with Crippen LogP contribution in [0, 0.1) is 11.8 Å². The van der Waals surface area contributed by atoms with Gasteiger partial charge in [-0.2, -0.15) is 13.2 Å². The summed E-state index contributed by atoms with van der Waals surface area (Å²) in [7, 11) is 0. The minimum absolute atomic E-state index is 0.0934. The Labute approximate surface area is 159 Å². The Balaban J connectivity index is 1.65. The summed E-state index contributed by atoms with van der Waals surface area (Å²) in [6.45, 7) is 1.42. The quantitative estimate of drug-likeness (QED) is 0.635. The third kappa shape index (κ3) is 4.17. The maximum Gasteiger partial charge on any atom is 0.416 e. The predicted octanol–water partition coefficient (Wildman–Crippen LogP) is 3.34. The van der Waals surface area contributed by atoms with Gasteiger partial charge in [0.25, 0.3) is 5.91 Å². The normalized spacial score (nSPS) is 18.4. The number of hydrogen-bond acceptors (Lipinski definition) is 3. The first kappa shape index (κ1) is 19.5. The number of nitrogens with one attached hydrogen (secondary N) is 1. The third-order valence-corrected chi connectivity index (χ3v) is 4.32. The molecule has 0 fully saturated rings. The predicted molar refractivity (Wildman–Crippen MR) is 95.3 cm³/mol. The van der Waals surface area contributed by atoms with Gasteiger partial charge in [-0.3, -0.25) is 4.79 Å². The van der Waals surface area contributed by atoms with Crippen molar-refractivity contribution in [3.63, 3.8) is 0 Å². The Bertz CT molecular complexity index is 988. The van der Waals surface area contributed by atoms with Crippen LogP contribution < -0.4 is 5.32 Å². The highest BCUT2D eigenvalue weighted by Crippen LogP contribution is 2.29. The fourth-order valence-electron chi connectivity index (χ4n) is 2.89. The molecule has 0 saturated carbocycles. The van der Waals surface area contributed by atoms with E-state index in [0.29, 0.717) is 11.1 Å². The molecule has 144 valence electrons. The first-order valence-electron chi connectivity index (χ1n) is 8.45. The van der Waals surface area contributed by atoms with E-state index in [9.17, 15) is 22.8 Å². The second kappa shape index (κ2) is 7.39. The number of cyclic esters (lactones) is 1. The summed E-state index contributed by atoms with van der Waals surface area (Å²) >= 11 is 0. The summed E-state index contributed by atoms with van der Waals surface area (Å²) in [5.41, 5.74) is -0.830. The lowest BCUT2D eigenvalue weighted by molar-refractivity contribution is -0.139. The fraction of sp³-hybridized carbons (Fsp3) is 0.238. The van der Waals surface area contributed by atoms with Crippen molar-refractivity contribution in [2.75, 3.05) is 6.54 Å². The highest BCUT2D eigenvalue weighted by Gasteiger charge is 2.42. The van der Waals surface area contributed by atoms with E-state index in [1.54, 1.807) is 24.3 Å². The number of alkyl halides is 3. The van der Waals surface area contributed by atoms with Crippen LogP contribution in [0.3, 0.4) is 0 Å². The van der Waals surface area contributed by atoms with Crippen molar-refractivity contribution in [2.45, 2.75) is 25.1 Å². The molecule has 0 aromatic heterocycles. The maximum absolute atomic E-state index is 12.7. The van der Waals surface area contributed by atoms with Crippen LogP contribution in [0.4, 0.5) is 13.2 Å². The molecule has 2 aromatic rings. The van der Waals surface area contributed by atoms with E-state index in [0.717, 1.165) is 12.1 Å². The van der Waals surface area contributed by atoms with Crippen molar-refractivity contribution in [1.82, 2.24) is 5.32 Å². The molecule has 0 radical (unpaired) electrons. The van der Waals surface area contributed by atoms with Gasteiger partial charge in [-0.05, 0) is 36.8 Å². The first-order valence-corrected chi connectivity index (χ1v) is 8.45. The van der Waals surface area contributed by atoms with Gasteiger partial charge in [0.15, 0.2) is 5.60 Å². The molecule has 0 saturated heterocycles. The van der Waals surface area contributed by atoms with Gasteiger partial charge in [0, 0.05) is 12.0 Å². The van der Waals surface area contributed by atoms with Gasteiger partial charge < -0.3 is 10.1 Å². The minimum atomic E-state index is -4.44. The molecule has 0 spiro atoms. The average molecular weight is 387 g/mol. The van der Waals surface area contributed by atoms with E-state index < -0.39 is 29.2 Å². The molecule has 1 unspecified atom stereocenters. The Morgan fingerprint density at radius 2 is 1.96 bits per heavy atom. The molecule has 0 aliphatic carbocycles. The van der Waals surface area contributed by atoms with Crippen LogP contribution >= 0.6 is 0 Å². The van der Waals surface area contributed by atoms with Crippen LogP contribution in [-0.4, -0.2) is 24.0 Å². The van der Waals surface area contributed by atoms with Crippen LogP contribution in [0.1, 0.15) is 34.0 Å². The minimum Gasteiger partial charge on any atom is -0.445 e. The molecular formula is C21H16F3NO3. The van der Waals surface area contributed by atoms with Crippen molar-refractivity contribution < 1.29 is 27.5 Å². The number of esters is 1. The molecule has 1 atom stereocenters. The molecule has 1 aliphatic heterocycles. The van der Waals surface area contributed by atoms with Gasteiger partial charge in [-0.15, -0.1) is 0 Å². The fourth-order valence-corrected chi connectivity index (χ4v) is 2.89. The van der Waals surface area contributed by atoms with Crippen LogP contribution in [0.25, 0.3) is 0 Å². The number of ether oxygens (including phenoxy) is 1. The number of halogens is 3. The van der Waals surface area contributed by atoms with Crippen LogP contribution in [-0.2, 0) is 22.1 Å². The summed E-state index contributed by atoms with van der Waals surface area (Å²) in [5.74, 6) is 4.09. The van der Waals surface area contributed by atoms with Gasteiger partial charge in [-0.1, -0.05) is 36.1 Å². The summed E-state index contributed by atoms with van der Waals surface area (Å²) in [5, 5.41) is 2.55. The Morgan fingerprint density at radius 3 is 2.71 bits per heavy atom. The van der Waals surface area contributed by atoms with Crippen LogP contribution in [0.5, 0.6) is 0 Å². The van der Waals surface area contributed by atoms with E-state index in [-0.39, 0.29) is 18.5 Å². The molecular weight excluding hydrogens is 371 g/mol. The van der Waals surface area contributed by atoms with Crippen molar-refractivity contribution in [2.24, 2.45) is 0 Å². The van der Waals surface area contributed by atoms with E-state index in [4.69, 9.17) is 4.74 Å². The van der Waals surface area contributed by atoms with E-state index in [2.05, 4.69) is 17.2 Å². The smallest absolute Gasteiger partial charge is 0.416 e. The highest BCUT2D eigenvalue weighted by atomic mass is 19.4. The Kier molecular flexibility index (Phi) is 5.14. The molecule has 1 heterocycles. The zero-order chi connectivity index (χ0) is 20.4. The highest BCUT2D eigenvalue weighted by molar-refractivity contribution is 5.97. The van der Waals surface area contributed by atoms with Gasteiger partial charge in [0.1, 0.15) is 0 Å². The summed E-state index contributed by atoms with van der Waals surface area (Å²) < 4.78 is 43.4. The molecule has 0 bridgehead atoms. The lowest BCUT2D eigenvalue weighted by atomic mass is 9.89. The van der Waals surface area contributed by atoms with Gasteiger partial charge in [0.05, 0.1) is 17.7 Å². The van der Waals surface area contributed by atoms with Crippen molar-refractivity contribution >= 4 is 11.9 Å². The lowest BCUT2D eigenvalue weighted by Crippen LogP contribution is -2.51. The number of fused-ring (bicyclic) bond motifs is 1. The second-order valence-electron chi connectivity index (χ2n) is 6.52. The molecule has 1 N–H and O–H groups in total. The van der Waals surface area contributed by atoms with E-state index in [1.165, 1.54) is 19.1 Å². The molecule has 3 rings (SSSR count). The lowest BCUT2D eigenvalue weighted by Gasteiger charge is -2.32. The van der Waals surface area contributed by atoms with Crippen molar-refractivity contribution in [1.29, 1.82) is 0 Å². The summed E-state index contributed by atoms with van der Waals surface area (Å²) in [6, 6.07) is 11.5. The Hall–Kier alpha value is -3.27. The number of hydrogen-bond donors (Lipinski definition) is 1. The number of benzene rings is 2. The van der Waals surface area contributed by atoms with Crippen LogP contribution in [0.15, 0.2) is 48.5 Å². The summed E-state index contributed by atoms with van der Waals surface area (Å²) in [4.78, 5) is 24.6. The van der Waals surface area contributed by atoms with E-state index in [1.807, 2.05) is 0 Å². The third-order valence-electron chi connectivity index (χ3n) is 4.32. The van der Waals surface area contributed by atoms with Gasteiger partial charge in [0.2, 0.25) is 0 Å². The standard InChI is InChI=1S/C21H16F3NO3/c1-20(13-15-8-2-3-10-17(15)18(26)28-20)19(27)25-11-5-7-14-6-4-9-16(12-14)21(22,23)24/h2-4,6,8-10,12H,11,13H2,1H3,(H,25,27). The largest absolute Gasteiger partial charge is 0.445 e. The average Bonchev–Trinajstić information content (AvgIpc) is 2.64. The monoisotopic (exact) mass is 387 g/mol. The zero-order valence-electron chi connectivity index (χ0n) is 14.9. The van der Waals surface area contributed by atoms with E-state index >= 15 is 0 Å². The molecule has 7 heteroatoms. The van der Waals surface area contributed by atoms with Crippen molar-refractivity contribution in [3.05, 3.63) is 70.8 Å². The zero-order valence-corrected chi connectivity index (χ0v) is 14.9. The molecule has 1 aliphatic rings. The SMILES string of the molecule is CC1(C(=O)NCC#Cc2cccc(C(F)(F)F)c2)Cc2ccccc2C(=O)O1. The number of amides is 1. The molecule has 28 heavy (non-hydrogen) atoms. The second-order valence-corrected chi connectivity index (χ2v) is 6.52. The Morgan fingerprint density at radius 1 is 1.21 bits per heavy atom. The van der Waals surface area contributed by atoms with Crippen LogP contribution in [0.2, 0.25) is 0 Å². The maximum atomic E-state index is 12.7. The van der Waals surface area contributed by atoms with Gasteiger partial charge >= 0.3 is 12.1 Å². The number of carbonyl (C=O) groups is 2. The first-order chi connectivity index (χ1) is 13.2. The summed E-state index contributed by atoms with van der Waals surface area (Å²) in [6.07, 6.45) is -4.22. The number of carbonyl (C=O) groups excluding carboxylic acids is 2. The molecule has 4 nitrogen and oxygen atoms in total.